The molecule has 0 spiro atoms. The first-order valence-corrected chi connectivity index (χ1v) is 8.49. The quantitative estimate of drug-likeness (QED) is 0.810. The van der Waals surface area contributed by atoms with E-state index in [4.69, 9.17) is 11.6 Å². The van der Waals surface area contributed by atoms with Crippen molar-refractivity contribution in [3.8, 4) is 0 Å². The molecule has 0 fully saturated rings. The van der Waals surface area contributed by atoms with Crippen molar-refractivity contribution in [3.05, 3.63) is 56.2 Å². The summed E-state index contributed by atoms with van der Waals surface area (Å²) >= 11 is 7.94. The van der Waals surface area contributed by atoms with Crippen LogP contribution in [-0.2, 0) is 19.6 Å². The number of thiophene rings is 1. The summed E-state index contributed by atoms with van der Waals surface area (Å²) in [5.41, 5.74) is 2.68. The molecular weight excluding hydrogens is 300 g/mol. The van der Waals surface area contributed by atoms with Crippen LogP contribution in [0.4, 0.5) is 0 Å². The molecule has 1 aromatic carbocycles. The highest BCUT2D eigenvalue weighted by Crippen LogP contribution is 2.23. The van der Waals surface area contributed by atoms with Crippen LogP contribution >= 0.6 is 22.9 Å². The molecule has 0 amide bonds. The van der Waals surface area contributed by atoms with E-state index in [-0.39, 0.29) is 0 Å². The lowest BCUT2D eigenvalue weighted by molar-refractivity contribution is 0.319. The maximum absolute atomic E-state index is 6.04. The second-order valence-electron chi connectivity index (χ2n) is 5.38. The van der Waals surface area contributed by atoms with Crippen molar-refractivity contribution in [2.24, 2.45) is 0 Å². The van der Waals surface area contributed by atoms with E-state index in [2.05, 4.69) is 43.2 Å². The molecule has 0 aliphatic rings. The summed E-state index contributed by atoms with van der Waals surface area (Å²) in [4.78, 5) is 5.17. The van der Waals surface area contributed by atoms with Crippen molar-refractivity contribution in [1.29, 1.82) is 0 Å². The first kappa shape index (κ1) is 16.5. The van der Waals surface area contributed by atoms with Crippen molar-refractivity contribution in [3.63, 3.8) is 0 Å². The van der Waals surface area contributed by atoms with Crippen molar-refractivity contribution in [2.45, 2.75) is 33.5 Å². The molecule has 4 heteroatoms. The van der Waals surface area contributed by atoms with Crippen LogP contribution in [0.15, 0.2) is 30.3 Å². The number of hydrogen-bond donors (Lipinski definition) is 1. The third-order valence-electron chi connectivity index (χ3n) is 3.40. The zero-order chi connectivity index (χ0) is 15.2. The molecule has 2 rings (SSSR count). The molecule has 114 valence electrons. The molecule has 0 saturated carbocycles. The Bertz CT molecular complexity index is 580. The number of nitrogens with one attached hydrogen (secondary N) is 1. The Morgan fingerprint density at radius 1 is 1.24 bits per heavy atom. The van der Waals surface area contributed by atoms with Crippen LogP contribution in [0.25, 0.3) is 0 Å². The zero-order valence-corrected chi connectivity index (χ0v) is 14.5. The van der Waals surface area contributed by atoms with Gasteiger partial charge in [-0.2, -0.15) is 0 Å². The van der Waals surface area contributed by atoms with Gasteiger partial charge in [0, 0.05) is 34.4 Å². The molecule has 0 atom stereocenters. The van der Waals surface area contributed by atoms with Crippen molar-refractivity contribution < 1.29 is 0 Å². The molecule has 1 aromatic heterocycles. The predicted octanol–water partition coefficient (Wildman–Crippen LogP) is 4.45. The van der Waals surface area contributed by atoms with Crippen LogP contribution in [0.2, 0.25) is 5.02 Å². The lowest BCUT2D eigenvalue weighted by atomic mass is 10.2. The highest BCUT2D eigenvalue weighted by molar-refractivity contribution is 7.12. The minimum atomic E-state index is 0.806. The van der Waals surface area contributed by atoms with E-state index < -0.39 is 0 Å². The van der Waals surface area contributed by atoms with Crippen LogP contribution < -0.4 is 5.32 Å². The molecule has 0 aliphatic carbocycles. The second kappa shape index (κ2) is 7.95. The molecule has 0 saturated heterocycles. The average molecular weight is 323 g/mol. The molecule has 0 bridgehead atoms. The van der Waals surface area contributed by atoms with Gasteiger partial charge in [0.15, 0.2) is 0 Å². The van der Waals surface area contributed by atoms with Gasteiger partial charge in [0.1, 0.15) is 0 Å². The molecule has 1 heterocycles. The van der Waals surface area contributed by atoms with Gasteiger partial charge in [-0.1, -0.05) is 30.7 Å². The van der Waals surface area contributed by atoms with E-state index in [0.717, 1.165) is 31.2 Å². The lowest BCUT2D eigenvalue weighted by Crippen LogP contribution is -2.17. The van der Waals surface area contributed by atoms with Crippen LogP contribution in [-0.4, -0.2) is 18.5 Å². The van der Waals surface area contributed by atoms with Gasteiger partial charge in [-0.25, -0.2) is 0 Å². The molecular formula is C17H23ClN2S. The van der Waals surface area contributed by atoms with E-state index in [9.17, 15) is 0 Å². The fourth-order valence-corrected chi connectivity index (χ4v) is 3.61. The van der Waals surface area contributed by atoms with Crippen LogP contribution in [0.1, 0.15) is 27.8 Å². The van der Waals surface area contributed by atoms with Gasteiger partial charge in [-0.05, 0) is 49.8 Å². The summed E-state index contributed by atoms with van der Waals surface area (Å²) in [6.07, 6.45) is 0. The number of hydrogen-bond acceptors (Lipinski definition) is 3. The largest absolute Gasteiger partial charge is 0.312 e. The molecule has 0 aliphatic heterocycles. The van der Waals surface area contributed by atoms with E-state index in [1.54, 1.807) is 0 Å². The first-order chi connectivity index (χ1) is 10.1. The third kappa shape index (κ3) is 5.11. The van der Waals surface area contributed by atoms with E-state index in [1.165, 1.54) is 20.9 Å². The van der Waals surface area contributed by atoms with Gasteiger partial charge in [0.25, 0.3) is 0 Å². The Morgan fingerprint density at radius 3 is 2.76 bits per heavy atom. The Hall–Kier alpha value is -0.870. The minimum Gasteiger partial charge on any atom is -0.312 e. The predicted molar refractivity (Wildman–Crippen MR) is 93.1 cm³/mol. The maximum Gasteiger partial charge on any atom is 0.0409 e. The maximum atomic E-state index is 6.04. The van der Waals surface area contributed by atoms with E-state index in [0.29, 0.717) is 0 Å². The van der Waals surface area contributed by atoms with Gasteiger partial charge in [-0.15, -0.1) is 11.3 Å². The number of nitrogens with zero attached hydrogens (tertiary/aromatic N) is 1. The monoisotopic (exact) mass is 322 g/mol. The highest BCUT2D eigenvalue weighted by Gasteiger charge is 2.08. The fraction of sp³-hybridized carbons (Fsp3) is 0.412. The third-order valence-corrected chi connectivity index (χ3v) is 4.73. The number of benzene rings is 1. The van der Waals surface area contributed by atoms with Gasteiger partial charge in [0.05, 0.1) is 0 Å². The number of rotatable bonds is 7. The normalized spacial score (nSPS) is 11.3. The minimum absolute atomic E-state index is 0.806. The van der Waals surface area contributed by atoms with Crippen LogP contribution in [0.3, 0.4) is 0 Å². The Kier molecular flexibility index (Phi) is 6.24. The highest BCUT2D eigenvalue weighted by atomic mass is 35.5. The number of aryl methyl sites for hydroxylation is 1. The second-order valence-corrected chi connectivity index (χ2v) is 7.15. The van der Waals surface area contributed by atoms with Crippen molar-refractivity contribution >= 4 is 22.9 Å². The summed E-state index contributed by atoms with van der Waals surface area (Å²) in [5.74, 6) is 0. The Morgan fingerprint density at radius 2 is 2.05 bits per heavy atom. The van der Waals surface area contributed by atoms with Crippen LogP contribution in [0, 0.1) is 6.92 Å². The van der Waals surface area contributed by atoms with Crippen molar-refractivity contribution in [1.82, 2.24) is 10.2 Å². The van der Waals surface area contributed by atoms with Gasteiger partial charge >= 0.3 is 0 Å². The summed E-state index contributed by atoms with van der Waals surface area (Å²) in [7, 11) is 2.15. The molecule has 2 aromatic rings. The first-order valence-electron chi connectivity index (χ1n) is 7.30. The van der Waals surface area contributed by atoms with Crippen LogP contribution in [0.5, 0.6) is 0 Å². The number of halogens is 1. The molecule has 0 radical (unpaired) electrons. The molecule has 0 unspecified atom stereocenters. The SMILES string of the molecule is CCNCc1cc(CN(C)Cc2cccc(Cl)c2)c(C)s1. The summed E-state index contributed by atoms with van der Waals surface area (Å²) in [6.45, 7) is 8.23. The fourth-order valence-electron chi connectivity index (χ4n) is 2.37. The van der Waals surface area contributed by atoms with Gasteiger partial charge < -0.3 is 5.32 Å². The van der Waals surface area contributed by atoms with E-state index >= 15 is 0 Å². The zero-order valence-electron chi connectivity index (χ0n) is 12.9. The van der Waals surface area contributed by atoms with Crippen molar-refractivity contribution in [2.75, 3.05) is 13.6 Å². The Balaban J connectivity index is 1.96. The molecule has 2 nitrogen and oxygen atoms in total. The molecule has 1 N–H and O–H groups in total. The topological polar surface area (TPSA) is 15.3 Å². The van der Waals surface area contributed by atoms with Gasteiger partial charge in [-0.3, -0.25) is 4.90 Å². The molecule has 21 heavy (non-hydrogen) atoms. The van der Waals surface area contributed by atoms with Gasteiger partial charge in [0.2, 0.25) is 0 Å². The summed E-state index contributed by atoms with van der Waals surface area (Å²) in [6, 6.07) is 10.4. The average Bonchev–Trinajstić information content (AvgIpc) is 2.77. The Labute approximate surface area is 136 Å². The lowest BCUT2D eigenvalue weighted by Gasteiger charge is -2.16. The summed E-state index contributed by atoms with van der Waals surface area (Å²) in [5, 5.41) is 4.19. The standard InChI is InChI=1S/C17H23ClN2S/c1-4-19-10-17-9-15(13(2)21-17)12-20(3)11-14-6-5-7-16(18)8-14/h5-9,19H,4,10-12H2,1-3H3. The summed E-state index contributed by atoms with van der Waals surface area (Å²) < 4.78 is 0. The smallest absolute Gasteiger partial charge is 0.0409 e. The van der Waals surface area contributed by atoms with E-state index in [1.807, 2.05) is 29.5 Å².